The number of nitrogens with one attached hydrogen (secondary N) is 3. The van der Waals surface area contributed by atoms with Gasteiger partial charge in [0.05, 0.1) is 24.6 Å². The number of carbonyl (C=O) groups excluding carboxylic acids is 3. The number of aliphatic imine (C=N–C) groups is 1. The van der Waals surface area contributed by atoms with E-state index in [0.717, 1.165) is 17.4 Å². The van der Waals surface area contributed by atoms with Gasteiger partial charge in [-0.2, -0.15) is 4.48 Å². The zero-order valence-corrected chi connectivity index (χ0v) is 23.6. The molecule has 1 aliphatic heterocycles. The number of fused-ring (bicyclic) bond motifs is 1. The summed E-state index contributed by atoms with van der Waals surface area (Å²) < 4.78 is 24.6. The van der Waals surface area contributed by atoms with Crippen molar-refractivity contribution in [3.05, 3.63) is 126 Å². The Kier molecular flexibility index (Phi) is 7.70. The first-order valence-corrected chi connectivity index (χ1v) is 14.8. The van der Waals surface area contributed by atoms with Crippen LogP contribution >= 0.6 is 0 Å². The third kappa shape index (κ3) is 5.82. The molecule has 4 amide bonds. The highest BCUT2D eigenvalue weighted by atomic mass is 32.2. The molecule has 4 aromatic rings. The summed E-state index contributed by atoms with van der Waals surface area (Å²) in [5.41, 5.74) is 3.69. The second-order valence-electron chi connectivity index (χ2n) is 9.83. The first-order chi connectivity index (χ1) is 20.1. The van der Waals surface area contributed by atoms with Crippen molar-refractivity contribution in [2.75, 3.05) is 18.6 Å². The normalized spacial score (nSPS) is 18.2. The fraction of sp³-hybridized carbons (Fsp3) is 0.0968. The van der Waals surface area contributed by atoms with Crippen molar-refractivity contribution in [2.45, 2.75) is 6.17 Å². The van der Waals surface area contributed by atoms with Crippen LogP contribution in [0.15, 0.2) is 114 Å². The molecule has 0 saturated carbocycles. The van der Waals surface area contributed by atoms with Gasteiger partial charge in [0.25, 0.3) is 5.91 Å². The van der Waals surface area contributed by atoms with Crippen LogP contribution in [-0.2, 0) is 14.8 Å². The maximum Gasteiger partial charge on any atom is 0.368 e. The molecule has 0 spiro atoms. The Morgan fingerprint density at radius 2 is 1.48 bits per heavy atom. The van der Waals surface area contributed by atoms with Crippen LogP contribution in [0, 0.1) is 0 Å². The minimum absolute atomic E-state index is 0.0249. The maximum absolute atomic E-state index is 14.4. The SMILES string of the molecule is C[N+]1(c2ccccc2)C(=O)C(NC(=O)Nc2cccc(C(=O)NS(C)(=O)=O)c2)N=C(c2ccccc2)c2ccccc21. The summed E-state index contributed by atoms with van der Waals surface area (Å²) in [7, 11) is -2.00. The number of benzene rings is 4. The maximum atomic E-state index is 14.4. The molecule has 212 valence electrons. The van der Waals surface area contributed by atoms with Gasteiger partial charge in [-0.05, 0) is 24.3 Å². The molecular weight excluding hydrogens is 554 g/mol. The topological polar surface area (TPSA) is 134 Å². The van der Waals surface area contributed by atoms with Crippen LogP contribution in [0.5, 0.6) is 0 Å². The van der Waals surface area contributed by atoms with E-state index in [0.29, 0.717) is 17.1 Å². The van der Waals surface area contributed by atoms with E-state index < -0.39 is 34.0 Å². The van der Waals surface area contributed by atoms with Crippen LogP contribution in [0.25, 0.3) is 0 Å². The van der Waals surface area contributed by atoms with Gasteiger partial charge in [0.2, 0.25) is 16.2 Å². The molecule has 0 radical (unpaired) electrons. The number of anilines is 1. The van der Waals surface area contributed by atoms with Crippen molar-refractivity contribution in [3.63, 3.8) is 0 Å². The van der Waals surface area contributed by atoms with Crippen molar-refractivity contribution < 1.29 is 22.8 Å². The number of sulfonamides is 1. The molecule has 0 aliphatic carbocycles. The summed E-state index contributed by atoms with van der Waals surface area (Å²) in [5, 5.41) is 5.33. The predicted molar refractivity (Wildman–Crippen MR) is 162 cm³/mol. The lowest BCUT2D eigenvalue weighted by molar-refractivity contribution is -0.128. The Bertz CT molecular complexity index is 1810. The van der Waals surface area contributed by atoms with E-state index in [9.17, 15) is 22.8 Å². The molecule has 0 saturated heterocycles. The predicted octanol–water partition coefficient (Wildman–Crippen LogP) is 4.17. The van der Waals surface area contributed by atoms with Crippen molar-refractivity contribution in [3.8, 4) is 0 Å². The number of quaternary nitrogens is 1. The number of rotatable bonds is 6. The van der Waals surface area contributed by atoms with Gasteiger partial charge in [0, 0.05) is 35.0 Å². The average Bonchev–Trinajstić information content (AvgIpc) is 3.07. The zero-order chi connectivity index (χ0) is 29.9. The number of benzodiazepines with no additional fused rings is 1. The van der Waals surface area contributed by atoms with Gasteiger partial charge < -0.3 is 10.6 Å². The average molecular weight is 583 g/mol. The third-order valence-corrected chi connectivity index (χ3v) is 7.38. The summed E-state index contributed by atoms with van der Waals surface area (Å²) in [6.45, 7) is 0. The summed E-state index contributed by atoms with van der Waals surface area (Å²) in [4.78, 5) is 44.8. The quantitative estimate of drug-likeness (QED) is 0.294. The molecule has 1 aliphatic rings. The van der Waals surface area contributed by atoms with Gasteiger partial charge in [-0.1, -0.05) is 66.7 Å². The Balaban J connectivity index is 1.53. The van der Waals surface area contributed by atoms with Gasteiger partial charge >= 0.3 is 11.9 Å². The molecule has 2 unspecified atom stereocenters. The molecule has 5 rings (SSSR count). The molecule has 0 fully saturated rings. The van der Waals surface area contributed by atoms with Crippen LogP contribution in [-0.4, -0.2) is 51.4 Å². The number of nitrogens with zero attached hydrogens (tertiary/aromatic N) is 2. The molecule has 1 heterocycles. The number of likely N-dealkylation sites (N-methyl/N-ethyl adjacent to an activating group) is 1. The highest BCUT2D eigenvalue weighted by Crippen LogP contribution is 2.39. The van der Waals surface area contributed by atoms with E-state index >= 15 is 0 Å². The standard InChI is InChI=1S/C31H27N5O5S/c1-36(24-16-7-4-8-17-24)26-19-10-9-18-25(26)27(21-12-5-3-6-13-21)33-28(30(36)38)34-31(39)32-23-15-11-14-22(20-23)29(37)35-42(2,40)41/h3-20,28H,1-2H3,(H2-,32,34,35,37,39)/p+1. The van der Waals surface area contributed by atoms with Crippen molar-refractivity contribution in [1.29, 1.82) is 0 Å². The number of hydrogen-bond acceptors (Lipinski definition) is 6. The van der Waals surface area contributed by atoms with E-state index in [1.54, 1.807) is 7.05 Å². The Morgan fingerprint density at radius 1 is 0.833 bits per heavy atom. The van der Waals surface area contributed by atoms with E-state index in [2.05, 4.69) is 10.6 Å². The molecule has 4 aromatic carbocycles. The fourth-order valence-electron chi connectivity index (χ4n) is 4.85. The third-order valence-electron chi connectivity index (χ3n) is 6.82. The first-order valence-electron chi connectivity index (χ1n) is 13.0. The number of hydrogen-bond donors (Lipinski definition) is 3. The number of urea groups is 1. The fourth-order valence-corrected chi connectivity index (χ4v) is 5.31. The van der Waals surface area contributed by atoms with Gasteiger partial charge in [-0.15, -0.1) is 0 Å². The van der Waals surface area contributed by atoms with Crippen LogP contribution in [0.1, 0.15) is 21.5 Å². The Morgan fingerprint density at radius 3 is 2.17 bits per heavy atom. The monoisotopic (exact) mass is 582 g/mol. The van der Waals surface area contributed by atoms with Gasteiger partial charge in [0.1, 0.15) is 5.69 Å². The molecule has 11 heteroatoms. The molecule has 10 nitrogen and oxygen atoms in total. The second kappa shape index (κ2) is 11.4. The van der Waals surface area contributed by atoms with Crippen molar-refractivity contribution >= 4 is 50.6 Å². The van der Waals surface area contributed by atoms with Crippen LogP contribution in [0.3, 0.4) is 0 Å². The highest BCUT2D eigenvalue weighted by Gasteiger charge is 2.47. The van der Waals surface area contributed by atoms with Crippen LogP contribution in [0.2, 0.25) is 0 Å². The Labute approximate surface area is 243 Å². The number of carbonyl (C=O) groups is 3. The van der Waals surface area contributed by atoms with Crippen molar-refractivity contribution in [1.82, 2.24) is 14.5 Å². The number of amides is 4. The lowest BCUT2D eigenvalue weighted by Crippen LogP contribution is -2.56. The smallest absolute Gasteiger partial charge is 0.308 e. The molecular formula is C31H28N5O5S+. The second-order valence-corrected chi connectivity index (χ2v) is 11.6. The molecule has 2 atom stereocenters. The summed E-state index contributed by atoms with van der Waals surface area (Å²) >= 11 is 0. The van der Waals surface area contributed by atoms with Gasteiger partial charge in [0.15, 0.2) is 5.69 Å². The van der Waals surface area contributed by atoms with Crippen LogP contribution in [0.4, 0.5) is 21.9 Å². The molecule has 42 heavy (non-hydrogen) atoms. The lowest BCUT2D eigenvalue weighted by Gasteiger charge is -2.32. The van der Waals surface area contributed by atoms with Gasteiger partial charge in [-0.3, -0.25) is 4.79 Å². The van der Waals surface area contributed by atoms with E-state index in [4.69, 9.17) is 4.99 Å². The lowest BCUT2D eigenvalue weighted by atomic mass is 9.99. The number of para-hydroxylation sites is 2. The Hall–Kier alpha value is -5.13. The summed E-state index contributed by atoms with van der Waals surface area (Å²) in [6.07, 6.45) is -0.427. The van der Waals surface area contributed by atoms with Crippen LogP contribution < -0.4 is 19.8 Å². The molecule has 0 bridgehead atoms. The zero-order valence-electron chi connectivity index (χ0n) is 22.8. The van der Waals surface area contributed by atoms with Crippen molar-refractivity contribution in [2.24, 2.45) is 4.99 Å². The largest absolute Gasteiger partial charge is 0.368 e. The first kappa shape index (κ1) is 28.4. The minimum atomic E-state index is -3.77. The molecule has 0 aromatic heterocycles. The highest BCUT2D eigenvalue weighted by molar-refractivity contribution is 7.89. The van der Waals surface area contributed by atoms with E-state index in [1.165, 1.54) is 24.3 Å². The summed E-state index contributed by atoms with van der Waals surface area (Å²) in [6, 6.07) is 31.2. The van der Waals surface area contributed by atoms with E-state index in [1.807, 2.05) is 89.7 Å². The van der Waals surface area contributed by atoms with Gasteiger partial charge in [-0.25, -0.2) is 27.7 Å². The van der Waals surface area contributed by atoms with E-state index in [-0.39, 0.29) is 15.7 Å². The summed E-state index contributed by atoms with van der Waals surface area (Å²) in [5.74, 6) is -1.23. The minimum Gasteiger partial charge on any atom is -0.308 e. The molecule has 3 N–H and O–H groups in total.